The van der Waals surface area contributed by atoms with Gasteiger partial charge in [0, 0.05) is 18.7 Å². The topological polar surface area (TPSA) is 88.2 Å². The number of ketones is 1. The molecule has 6 rings (SSSR count). The van der Waals surface area contributed by atoms with E-state index >= 15 is 0 Å². The number of hydrogen-bond acceptors (Lipinski definition) is 6. The Morgan fingerprint density at radius 3 is 2.34 bits per heavy atom. The highest BCUT2D eigenvalue weighted by Crippen LogP contribution is 2.35. The Morgan fingerprint density at radius 1 is 1.00 bits per heavy atom. The van der Waals surface area contributed by atoms with Crippen LogP contribution in [0.5, 0.6) is 0 Å². The highest BCUT2D eigenvalue weighted by molar-refractivity contribution is 5.99. The molecule has 0 spiro atoms. The van der Waals surface area contributed by atoms with Crippen LogP contribution in [-0.2, 0) is 19.1 Å². The number of likely N-dealkylation sites (tertiary alicyclic amines) is 2. The van der Waals surface area contributed by atoms with Crippen LogP contribution in [0, 0.1) is 5.92 Å². The lowest BCUT2D eigenvalue weighted by Crippen LogP contribution is -2.54. The number of nitrogens with one attached hydrogen (secondary N) is 1. The maximum absolute atomic E-state index is 13.9. The molecule has 4 atom stereocenters. The van der Waals surface area contributed by atoms with Crippen molar-refractivity contribution in [1.82, 2.24) is 15.1 Å². The van der Waals surface area contributed by atoms with E-state index in [2.05, 4.69) is 22.3 Å². The molecule has 3 saturated heterocycles. The lowest BCUT2D eigenvalue weighted by Gasteiger charge is -2.42. The average Bonchev–Trinajstić information content (AvgIpc) is 3.65. The number of methoxy groups -OCH3 is 1. The van der Waals surface area contributed by atoms with E-state index < -0.39 is 18.2 Å². The van der Waals surface area contributed by atoms with E-state index in [1.807, 2.05) is 12.1 Å². The first-order valence-corrected chi connectivity index (χ1v) is 14.7. The maximum Gasteiger partial charge on any atom is 0.251 e. The fourth-order valence-corrected chi connectivity index (χ4v) is 7.38. The van der Waals surface area contributed by atoms with Crippen LogP contribution in [0.1, 0.15) is 79.6 Å². The molecule has 8 nitrogen and oxygen atoms in total. The first kappa shape index (κ1) is 26.0. The standard InChI is InChI=1S/C30H41N3O5/c1-37-25-17-33(27-24(34)18-38-28(25)27)30(36)26(21-5-2-3-6-21)31-29(35)22-11-9-19(10-12-22)20-13-15-32(16-14-20)23-7-4-8-23/h9-12,20-21,23,25-28H,2-8,13-18H2,1H3,(H,31,35)/t25-,26+,27-,28-/m1/s1. The van der Waals surface area contributed by atoms with Gasteiger partial charge in [0.15, 0.2) is 5.78 Å². The summed E-state index contributed by atoms with van der Waals surface area (Å²) in [7, 11) is 1.58. The van der Waals surface area contributed by atoms with Gasteiger partial charge in [-0.15, -0.1) is 0 Å². The molecule has 2 saturated carbocycles. The van der Waals surface area contributed by atoms with Crippen LogP contribution >= 0.6 is 0 Å². The number of fused-ring (bicyclic) bond motifs is 1. The third-order valence-electron chi connectivity index (χ3n) is 9.91. The monoisotopic (exact) mass is 523 g/mol. The largest absolute Gasteiger partial charge is 0.377 e. The van der Waals surface area contributed by atoms with Crippen LogP contribution in [0.3, 0.4) is 0 Å². The quantitative estimate of drug-likeness (QED) is 0.591. The van der Waals surface area contributed by atoms with Gasteiger partial charge in [-0.05, 0) is 81.1 Å². The van der Waals surface area contributed by atoms with Crippen molar-refractivity contribution in [2.24, 2.45) is 5.92 Å². The van der Waals surface area contributed by atoms with E-state index in [0.717, 1.165) is 31.7 Å². The van der Waals surface area contributed by atoms with Crippen LogP contribution in [0.4, 0.5) is 0 Å². The molecule has 2 aliphatic carbocycles. The van der Waals surface area contributed by atoms with Gasteiger partial charge in [0.25, 0.3) is 5.91 Å². The summed E-state index contributed by atoms with van der Waals surface area (Å²) in [5.74, 6) is 0.111. The molecule has 0 aromatic heterocycles. The van der Waals surface area contributed by atoms with Crippen LogP contribution in [0.2, 0.25) is 0 Å². The number of benzene rings is 1. The van der Waals surface area contributed by atoms with Crippen LogP contribution in [0.15, 0.2) is 24.3 Å². The van der Waals surface area contributed by atoms with Gasteiger partial charge in [0.2, 0.25) is 5.91 Å². The zero-order chi connectivity index (χ0) is 26.2. The third kappa shape index (κ3) is 4.91. The van der Waals surface area contributed by atoms with Crippen molar-refractivity contribution in [3.63, 3.8) is 0 Å². The van der Waals surface area contributed by atoms with Crippen LogP contribution < -0.4 is 5.32 Å². The molecule has 1 aromatic carbocycles. The molecule has 1 N–H and O–H groups in total. The molecule has 0 unspecified atom stereocenters. The molecule has 5 aliphatic rings. The van der Waals surface area contributed by atoms with E-state index in [9.17, 15) is 14.4 Å². The Hall–Kier alpha value is -2.29. The predicted octanol–water partition coefficient (Wildman–Crippen LogP) is 2.90. The van der Waals surface area contributed by atoms with Crippen molar-refractivity contribution < 1.29 is 23.9 Å². The fraction of sp³-hybridized carbons (Fsp3) is 0.700. The highest BCUT2D eigenvalue weighted by Gasteiger charge is 2.54. The summed E-state index contributed by atoms with van der Waals surface area (Å²) in [6.07, 6.45) is 9.57. The Kier molecular flexibility index (Phi) is 7.56. The first-order valence-electron chi connectivity index (χ1n) is 14.7. The molecule has 3 heterocycles. The van der Waals surface area contributed by atoms with Crippen molar-refractivity contribution in [2.75, 3.05) is 33.4 Å². The summed E-state index contributed by atoms with van der Waals surface area (Å²) < 4.78 is 11.2. The molecule has 38 heavy (non-hydrogen) atoms. The Morgan fingerprint density at radius 2 is 1.71 bits per heavy atom. The van der Waals surface area contributed by atoms with Gasteiger partial charge in [-0.1, -0.05) is 31.4 Å². The Bertz CT molecular complexity index is 1030. The number of rotatable bonds is 7. The van der Waals surface area contributed by atoms with Gasteiger partial charge in [0.05, 0.1) is 6.54 Å². The smallest absolute Gasteiger partial charge is 0.251 e. The van der Waals surface area contributed by atoms with Gasteiger partial charge >= 0.3 is 0 Å². The molecule has 5 fully saturated rings. The minimum Gasteiger partial charge on any atom is -0.377 e. The van der Waals surface area contributed by atoms with Gasteiger partial charge in [-0.3, -0.25) is 14.4 Å². The summed E-state index contributed by atoms with van der Waals surface area (Å²) >= 11 is 0. The van der Waals surface area contributed by atoms with E-state index in [0.29, 0.717) is 18.0 Å². The second kappa shape index (κ2) is 11.1. The van der Waals surface area contributed by atoms with Crippen LogP contribution in [-0.4, -0.2) is 91.1 Å². The SMILES string of the molecule is CO[C@@H]1CN(C(=O)[C@@H](NC(=O)c2ccc(C3CCN(C4CCC4)CC3)cc2)C2CCCC2)[C@@H]2C(=O)CO[C@@H]21. The van der Waals surface area contributed by atoms with Gasteiger partial charge in [0.1, 0.15) is 30.9 Å². The number of nitrogens with zero attached hydrogens (tertiary/aromatic N) is 2. The van der Waals surface area contributed by atoms with E-state index in [1.165, 1.54) is 50.8 Å². The lowest BCUT2D eigenvalue weighted by atomic mass is 9.85. The lowest BCUT2D eigenvalue weighted by molar-refractivity contribution is -0.139. The van der Waals surface area contributed by atoms with E-state index in [-0.39, 0.29) is 36.2 Å². The normalized spacial score (nSPS) is 29.9. The van der Waals surface area contributed by atoms with Crippen molar-refractivity contribution >= 4 is 17.6 Å². The minimum atomic E-state index is -0.648. The Labute approximate surface area is 225 Å². The summed E-state index contributed by atoms with van der Waals surface area (Å²) in [5.41, 5.74) is 1.87. The number of ether oxygens (including phenoxy) is 2. The zero-order valence-electron chi connectivity index (χ0n) is 22.5. The van der Waals surface area contributed by atoms with Crippen molar-refractivity contribution in [3.05, 3.63) is 35.4 Å². The summed E-state index contributed by atoms with van der Waals surface area (Å²) in [6.45, 7) is 2.65. The van der Waals surface area contributed by atoms with E-state index in [1.54, 1.807) is 12.0 Å². The van der Waals surface area contributed by atoms with Crippen molar-refractivity contribution in [1.29, 1.82) is 0 Å². The predicted molar refractivity (Wildman–Crippen MR) is 142 cm³/mol. The molecule has 2 amide bonds. The average molecular weight is 524 g/mol. The van der Waals surface area contributed by atoms with Crippen LogP contribution in [0.25, 0.3) is 0 Å². The number of hydrogen-bond donors (Lipinski definition) is 1. The molecule has 1 aromatic rings. The molecule has 206 valence electrons. The van der Waals surface area contributed by atoms with E-state index in [4.69, 9.17) is 9.47 Å². The molecular formula is C30H41N3O5. The summed E-state index contributed by atoms with van der Waals surface area (Å²) in [6, 6.07) is 7.53. The molecule has 3 aliphatic heterocycles. The van der Waals surface area contributed by atoms with Gasteiger partial charge in [-0.2, -0.15) is 0 Å². The zero-order valence-corrected chi connectivity index (χ0v) is 22.5. The Balaban J connectivity index is 1.12. The number of carbonyl (C=O) groups is 3. The summed E-state index contributed by atoms with van der Waals surface area (Å²) in [5, 5.41) is 3.08. The van der Waals surface area contributed by atoms with Gasteiger partial charge in [-0.25, -0.2) is 0 Å². The molecule has 0 bridgehead atoms. The summed E-state index contributed by atoms with van der Waals surface area (Å²) in [4.78, 5) is 44.1. The first-order chi connectivity index (χ1) is 18.5. The maximum atomic E-state index is 13.9. The number of piperidine rings is 1. The molecule has 0 radical (unpaired) electrons. The van der Waals surface area contributed by atoms with Gasteiger partial charge < -0.3 is 24.6 Å². The minimum absolute atomic E-state index is 0.00534. The highest BCUT2D eigenvalue weighted by atomic mass is 16.5. The fourth-order valence-electron chi connectivity index (χ4n) is 7.38. The van der Waals surface area contributed by atoms with Crippen molar-refractivity contribution in [3.8, 4) is 0 Å². The second-order valence-electron chi connectivity index (χ2n) is 12.0. The number of carbonyl (C=O) groups excluding carboxylic acids is 3. The second-order valence-corrected chi connectivity index (χ2v) is 12.0. The number of amides is 2. The third-order valence-corrected chi connectivity index (χ3v) is 9.91. The molecular weight excluding hydrogens is 482 g/mol. The van der Waals surface area contributed by atoms with Crippen molar-refractivity contribution in [2.45, 2.75) is 94.0 Å². The number of Topliss-reactive ketones (excluding diaryl/α,β-unsaturated/α-hetero) is 1. The molecule has 8 heteroatoms.